The van der Waals surface area contributed by atoms with Crippen LogP contribution in [0.5, 0.6) is 0 Å². The van der Waals surface area contributed by atoms with Crippen LogP contribution in [0.4, 0.5) is 0 Å². The van der Waals surface area contributed by atoms with Crippen LogP contribution in [0.2, 0.25) is 5.02 Å². The van der Waals surface area contributed by atoms with E-state index in [1.807, 2.05) is 24.3 Å². The third-order valence-corrected chi connectivity index (χ3v) is 4.37. The zero-order valence-electron chi connectivity index (χ0n) is 10.7. The van der Waals surface area contributed by atoms with E-state index in [1.165, 1.54) is 12.8 Å². The molecule has 1 saturated heterocycles. The van der Waals surface area contributed by atoms with E-state index in [2.05, 4.69) is 6.92 Å². The second kappa shape index (κ2) is 4.84. The Morgan fingerprint density at radius 3 is 2.61 bits per heavy atom. The first-order valence-electron chi connectivity index (χ1n) is 6.84. The summed E-state index contributed by atoms with van der Waals surface area (Å²) in [6, 6.07) is 7.93. The fourth-order valence-corrected chi connectivity index (χ4v) is 3.33. The molecule has 1 aliphatic carbocycles. The largest absolute Gasteiger partial charge is 0.344 e. The Labute approximate surface area is 113 Å². The lowest BCUT2D eigenvalue weighted by molar-refractivity contribution is -0.170. The molecule has 1 aromatic carbocycles. The van der Waals surface area contributed by atoms with E-state index in [4.69, 9.17) is 21.1 Å². The van der Waals surface area contributed by atoms with Crippen molar-refractivity contribution in [1.82, 2.24) is 0 Å². The average Bonchev–Trinajstić information content (AvgIpc) is 2.98. The molecule has 0 N–H and O–H groups in total. The van der Waals surface area contributed by atoms with Crippen LogP contribution in [-0.2, 0) is 9.47 Å². The van der Waals surface area contributed by atoms with Gasteiger partial charge in [0.05, 0.1) is 6.10 Å². The standard InChI is InChI=1S/C15H19ClO2/c1-2-13-14(11-7-3-4-8-12(11)16)18-15(17-13)9-5-6-10-15/h3-4,7-8,13-14H,2,5-6,9-10H2,1H3/t13-,14-/m1/s1. The Hall–Kier alpha value is -0.570. The molecule has 2 aliphatic rings. The average molecular weight is 267 g/mol. The maximum atomic E-state index is 6.29. The van der Waals surface area contributed by atoms with Crippen molar-refractivity contribution in [3.63, 3.8) is 0 Å². The summed E-state index contributed by atoms with van der Waals surface area (Å²) in [6.45, 7) is 2.14. The number of rotatable bonds is 2. The quantitative estimate of drug-likeness (QED) is 0.786. The maximum Gasteiger partial charge on any atom is 0.169 e. The van der Waals surface area contributed by atoms with E-state index in [0.29, 0.717) is 0 Å². The number of benzene rings is 1. The molecule has 0 unspecified atom stereocenters. The zero-order chi connectivity index (χ0) is 12.6. The molecule has 2 nitrogen and oxygen atoms in total. The number of halogens is 1. The molecule has 1 aromatic rings. The van der Waals surface area contributed by atoms with Gasteiger partial charge in [-0.1, -0.05) is 36.7 Å². The van der Waals surface area contributed by atoms with Gasteiger partial charge in [0.15, 0.2) is 5.79 Å². The van der Waals surface area contributed by atoms with Crippen LogP contribution in [0.1, 0.15) is 50.7 Å². The predicted octanol–water partition coefficient (Wildman–Crippen LogP) is 4.48. The molecule has 1 aliphatic heterocycles. The van der Waals surface area contributed by atoms with E-state index in [9.17, 15) is 0 Å². The van der Waals surface area contributed by atoms with Crippen molar-refractivity contribution in [1.29, 1.82) is 0 Å². The molecule has 18 heavy (non-hydrogen) atoms. The highest BCUT2D eigenvalue weighted by Crippen LogP contribution is 2.48. The third-order valence-electron chi connectivity index (χ3n) is 4.03. The SMILES string of the molecule is CC[C@H]1OC2(CCCC2)O[C@@H]1c1ccccc1Cl. The molecule has 1 saturated carbocycles. The summed E-state index contributed by atoms with van der Waals surface area (Å²) >= 11 is 6.29. The van der Waals surface area contributed by atoms with E-state index in [1.54, 1.807) is 0 Å². The van der Waals surface area contributed by atoms with Crippen molar-refractivity contribution >= 4 is 11.6 Å². The molecule has 0 aromatic heterocycles. The van der Waals surface area contributed by atoms with Crippen LogP contribution in [0.25, 0.3) is 0 Å². The summed E-state index contributed by atoms with van der Waals surface area (Å²) in [5, 5.41) is 0.777. The van der Waals surface area contributed by atoms with Gasteiger partial charge in [-0.25, -0.2) is 0 Å². The van der Waals surface area contributed by atoms with Crippen LogP contribution < -0.4 is 0 Å². The molecule has 1 heterocycles. The Morgan fingerprint density at radius 2 is 1.94 bits per heavy atom. The fourth-order valence-electron chi connectivity index (χ4n) is 3.09. The lowest BCUT2D eigenvalue weighted by Gasteiger charge is -2.22. The van der Waals surface area contributed by atoms with Gasteiger partial charge >= 0.3 is 0 Å². The van der Waals surface area contributed by atoms with Crippen LogP contribution >= 0.6 is 11.6 Å². The highest BCUT2D eigenvalue weighted by Gasteiger charge is 2.49. The molecule has 1 spiro atoms. The minimum absolute atomic E-state index is 0.0122. The molecule has 0 radical (unpaired) electrons. The predicted molar refractivity (Wildman–Crippen MR) is 71.6 cm³/mol. The van der Waals surface area contributed by atoms with Gasteiger partial charge in [-0.15, -0.1) is 0 Å². The van der Waals surface area contributed by atoms with Gasteiger partial charge in [-0.05, 0) is 25.3 Å². The first kappa shape index (κ1) is 12.5. The Kier molecular flexibility index (Phi) is 3.35. The second-order valence-electron chi connectivity index (χ2n) is 5.24. The summed E-state index contributed by atoms with van der Waals surface area (Å²) in [6.07, 6.45) is 5.51. The summed E-state index contributed by atoms with van der Waals surface area (Å²) in [4.78, 5) is 0. The topological polar surface area (TPSA) is 18.5 Å². The lowest BCUT2D eigenvalue weighted by atomic mass is 10.0. The highest BCUT2D eigenvalue weighted by atomic mass is 35.5. The van der Waals surface area contributed by atoms with E-state index >= 15 is 0 Å². The van der Waals surface area contributed by atoms with Crippen LogP contribution in [0.3, 0.4) is 0 Å². The molecule has 0 bridgehead atoms. The van der Waals surface area contributed by atoms with Gasteiger partial charge in [0.1, 0.15) is 6.10 Å². The van der Waals surface area contributed by atoms with Gasteiger partial charge in [0.2, 0.25) is 0 Å². The van der Waals surface area contributed by atoms with Crippen molar-refractivity contribution in [2.75, 3.05) is 0 Å². The van der Waals surface area contributed by atoms with E-state index in [0.717, 1.165) is 29.8 Å². The minimum Gasteiger partial charge on any atom is -0.344 e. The molecule has 3 rings (SSSR count). The number of hydrogen-bond donors (Lipinski definition) is 0. The molecule has 2 atom stereocenters. The van der Waals surface area contributed by atoms with Crippen molar-refractivity contribution in [3.8, 4) is 0 Å². The molecule has 0 amide bonds. The number of hydrogen-bond acceptors (Lipinski definition) is 2. The first-order chi connectivity index (χ1) is 8.74. The van der Waals surface area contributed by atoms with Gasteiger partial charge in [-0.2, -0.15) is 0 Å². The maximum absolute atomic E-state index is 6.29. The smallest absolute Gasteiger partial charge is 0.169 e. The Morgan fingerprint density at radius 1 is 1.22 bits per heavy atom. The van der Waals surface area contributed by atoms with Gasteiger partial charge in [0.25, 0.3) is 0 Å². The van der Waals surface area contributed by atoms with Crippen molar-refractivity contribution in [2.45, 2.75) is 57.0 Å². The van der Waals surface area contributed by atoms with E-state index < -0.39 is 0 Å². The molecular formula is C15H19ClO2. The van der Waals surface area contributed by atoms with Gasteiger partial charge in [-0.3, -0.25) is 0 Å². The van der Waals surface area contributed by atoms with Crippen LogP contribution in [0.15, 0.2) is 24.3 Å². The Balaban J connectivity index is 1.89. The normalized spacial score (nSPS) is 30.1. The summed E-state index contributed by atoms with van der Waals surface area (Å²) < 4.78 is 12.5. The molecule has 2 fully saturated rings. The molecular weight excluding hydrogens is 248 g/mol. The monoisotopic (exact) mass is 266 g/mol. The van der Waals surface area contributed by atoms with Crippen molar-refractivity contribution < 1.29 is 9.47 Å². The van der Waals surface area contributed by atoms with Crippen LogP contribution in [0, 0.1) is 0 Å². The second-order valence-corrected chi connectivity index (χ2v) is 5.65. The minimum atomic E-state index is -0.329. The summed E-state index contributed by atoms with van der Waals surface area (Å²) in [5.41, 5.74) is 1.06. The van der Waals surface area contributed by atoms with Crippen molar-refractivity contribution in [3.05, 3.63) is 34.9 Å². The van der Waals surface area contributed by atoms with Crippen molar-refractivity contribution in [2.24, 2.45) is 0 Å². The van der Waals surface area contributed by atoms with Gasteiger partial charge < -0.3 is 9.47 Å². The lowest BCUT2D eigenvalue weighted by Crippen LogP contribution is -2.26. The summed E-state index contributed by atoms with van der Waals surface area (Å²) in [5.74, 6) is -0.329. The van der Waals surface area contributed by atoms with Crippen LogP contribution in [-0.4, -0.2) is 11.9 Å². The third kappa shape index (κ3) is 2.07. The highest BCUT2D eigenvalue weighted by molar-refractivity contribution is 6.31. The summed E-state index contributed by atoms with van der Waals surface area (Å²) in [7, 11) is 0. The fraction of sp³-hybridized carbons (Fsp3) is 0.600. The first-order valence-corrected chi connectivity index (χ1v) is 7.22. The molecule has 3 heteroatoms. The number of ether oxygens (including phenoxy) is 2. The van der Waals surface area contributed by atoms with E-state index in [-0.39, 0.29) is 18.0 Å². The Bertz CT molecular complexity index is 426. The van der Waals surface area contributed by atoms with Gasteiger partial charge in [0, 0.05) is 23.4 Å². The zero-order valence-corrected chi connectivity index (χ0v) is 11.5. The molecule has 98 valence electrons.